The van der Waals surface area contributed by atoms with Gasteiger partial charge in [-0.2, -0.15) is 13.2 Å². The van der Waals surface area contributed by atoms with Crippen LogP contribution in [-0.4, -0.2) is 12.5 Å². The van der Waals surface area contributed by atoms with Crippen LogP contribution in [0, 0.1) is 13.8 Å². The first kappa shape index (κ1) is 21.2. The van der Waals surface area contributed by atoms with Crippen LogP contribution < -0.4 is 14.8 Å². The quantitative estimate of drug-likeness (QED) is 0.527. The van der Waals surface area contributed by atoms with Gasteiger partial charge in [-0.3, -0.25) is 4.79 Å². The van der Waals surface area contributed by atoms with Crippen molar-refractivity contribution in [2.75, 3.05) is 11.9 Å². The van der Waals surface area contributed by atoms with Gasteiger partial charge >= 0.3 is 6.18 Å². The maximum Gasteiger partial charge on any atom is 0.416 e. The van der Waals surface area contributed by atoms with Crippen LogP contribution in [-0.2, 0) is 11.0 Å². The monoisotopic (exact) mass is 415 g/mol. The van der Waals surface area contributed by atoms with Gasteiger partial charge in [-0.15, -0.1) is 0 Å². The fraction of sp³-hybridized carbons (Fsp3) is 0.174. The number of carbonyl (C=O) groups is 1. The van der Waals surface area contributed by atoms with E-state index in [1.807, 2.05) is 32.0 Å². The van der Waals surface area contributed by atoms with Crippen molar-refractivity contribution in [1.82, 2.24) is 0 Å². The Morgan fingerprint density at radius 3 is 2.13 bits per heavy atom. The van der Waals surface area contributed by atoms with E-state index in [9.17, 15) is 18.0 Å². The summed E-state index contributed by atoms with van der Waals surface area (Å²) in [6.45, 7) is 3.63. The number of aryl methyl sites for hydroxylation is 2. The van der Waals surface area contributed by atoms with E-state index in [0.717, 1.165) is 29.0 Å². The highest BCUT2D eigenvalue weighted by molar-refractivity contribution is 5.91. The highest BCUT2D eigenvalue weighted by atomic mass is 19.4. The van der Waals surface area contributed by atoms with Crippen LogP contribution in [0.4, 0.5) is 18.9 Å². The van der Waals surface area contributed by atoms with Gasteiger partial charge in [-0.1, -0.05) is 12.1 Å². The Morgan fingerprint density at radius 2 is 1.50 bits per heavy atom. The number of alkyl halides is 3. The van der Waals surface area contributed by atoms with Crippen molar-refractivity contribution in [1.29, 1.82) is 0 Å². The average molecular weight is 415 g/mol. The van der Waals surface area contributed by atoms with E-state index in [4.69, 9.17) is 9.47 Å². The number of benzene rings is 3. The lowest BCUT2D eigenvalue weighted by molar-refractivity contribution is -0.137. The number of halogens is 3. The van der Waals surface area contributed by atoms with Crippen molar-refractivity contribution in [2.24, 2.45) is 0 Å². The van der Waals surface area contributed by atoms with Crippen LogP contribution in [0.25, 0.3) is 0 Å². The van der Waals surface area contributed by atoms with Gasteiger partial charge < -0.3 is 14.8 Å². The zero-order chi connectivity index (χ0) is 21.7. The molecule has 0 aliphatic carbocycles. The van der Waals surface area contributed by atoms with Gasteiger partial charge in [0.05, 0.1) is 5.56 Å². The second-order valence-electron chi connectivity index (χ2n) is 6.81. The second-order valence-corrected chi connectivity index (χ2v) is 6.81. The molecule has 3 aromatic carbocycles. The number of hydrogen-bond donors (Lipinski definition) is 1. The molecule has 30 heavy (non-hydrogen) atoms. The van der Waals surface area contributed by atoms with E-state index in [0.29, 0.717) is 11.5 Å². The van der Waals surface area contributed by atoms with Crippen molar-refractivity contribution < 1.29 is 27.4 Å². The van der Waals surface area contributed by atoms with Gasteiger partial charge in [-0.25, -0.2) is 0 Å². The van der Waals surface area contributed by atoms with E-state index < -0.39 is 17.6 Å². The van der Waals surface area contributed by atoms with E-state index in [1.165, 1.54) is 12.1 Å². The minimum absolute atomic E-state index is 0.0515. The summed E-state index contributed by atoms with van der Waals surface area (Å²) >= 11 is 0. The van der Waals surface area contributed by atoms with E-state index >= 15 is 0 Å². The Morgan fingerprint density at radius 1 is 0.867 bits per heavy atom. The molecule has 0 spiro atoms. The first-order valence-electron chi connectivity index (χ1n) is 9.15. The summed E-state index contributed by atoms with van der Waals surface area (Å²) in [6.07, 6.45) is -4.47. The Bertz CT molecular complexity index is 1010. The molecule has 3 rings (SSSR count). The largest absolute Gasteiger partial charge is 0.484 e. The van der Waals surface area contributed by atoms with E-state index in [1.54, 1.807) is 24.3 Å². The SMILES string of the molecule is Cc1cc(C)cc(Oc2ccc(OCC(=O)Nc3cccc(C(F)(F)F)c3)cc2)c1. The molecular formula is C23H20F3NO3. The number of hydrogen-bond acceptors (Lipinski definition) is 3. The molecule has 1 amide bonds. The molecule has 0 aromatic heterocycles. The highest BCUT2D eigenvalue weighted by Crippen LogP contribution is 2.30. The predicted octanol–water partition coefficient (Wildman–Crippen LogP) is 6.13. The summed E-state index contributed by atoms with van der Waals surface area (Å²) in [7, 11) is 0. The number of amides is 1. The standard InChI is InChI=1S/C23H20F3NO3/c1-15-10-16(2)12-21(11-15)30-20-8-6-19(7-9-20)29-14-22(28)27-18-5-3-4-17(13-18)23(24,25)26/h3-13H,14H2,1-2H3,(H,27,28). The van der Waals surface area contributed by atoms with Crippen LogP contribution in [0.15, 0.2) is 66.7 Å². The van der Waals surface area contributed by atoms with Crippen molar-refractivity contribution in [3.8, 4) is 17.2 Å². The third-order valence-electron chi connectivity index (χ3n) is 4.10. The first-order chi connectivity index (χ1) is 14.2. The lowest BCUT2D eigenvalue weighted by atomic mass is 10.1. The van der Waals surface area contributed by atoms with Crippen molar-refractivity contribution in [2.45, 2.75) is 20.0 Å². The molecule has 7 heteroatoms. The molecule has 0 unspecified atom stereocenters. The maximum absolute atomic E-state index is 12.7. The van der Waals surface area contributed by atoms with Gasteiger partial charge in [0.2, 0.25) is 0 Å². The third kappa shape index (κ3) is 6.01. The van der Waals surface area contributed by atoms with Gasteiger partial charge in [0.1, 0.15) is 17.2 Å². The molecular weight excluding hydrogens is 395 g/mol. The summed E-state index contributed by atoms with van der Waals surface area (Å²) < 4.78 is 49.4. The molecule has 0 atom stereocenters. The molecule has 0 bridgehead atoms. The van der Waals surface area contributed by atoms with Gasteiger partial charge in [0, 0.05) is 5.69 Å². The fourth-order valence-electron chi connectivity index (χ4n) is 2.85. The van der Waals surface area contributed by atoms with Gasteiger partial charge in [-0.05, 0) is 79.6 Å². The number of anilines is 1. The Balaban J connectivity index is 1.54. The Hall–Kier alpha value is -3.48. The number of carbonyl (C=O) groups excluding carboxylic acids is 1. The minimum atomic E-state index is -4.47. The van der Waals surface area contributed by atoms with Crippen LogP contribution >= 0.6 is 0 Å². The summed E-state index contributed by atoms with van der Waals surface area (Å²) in [5.41, 5.74) is 1.41. The van der Waals surface area contributed by atoms with Crippen molar-refractivity contribution in [3.63, 3.8) is 0 Å². The molecule has 0 radical (unpaired) electrons. The summed E-state index contributed by atoms with van der Waals surface area (Å²) in [6, 6.07) is 17.0. The normalized spacial score (nSPS) is 11.1. The summed E-state index contributed by atoms with van der Waals surface area (Å²) in [4.78, 5) is 12.0. The van der Waals surface area contributed by atoms with E-state index in [2.05, 4.69) is 5.32 Å². The lowest BCUT2D eigenvalue weighted by Gasteiger charge is -2.11. The predicted molar refractivity (Wildman–Crippen MR) is 108 cm³/mol. The zero-order valence-corrected chi connectivity index (χ0v) is 16.4. The molecule has 0 heterocycles. The molecule has 4 nitrogen and oxygen atoms in total. The van der Waals surface area contributed by atoms with Crippen molar-refractivity contribution in [3.05, 3.63) is 83.4 Å². The zero-order valence-electron chi connectivity index (χ0n) is 16.4. The molecule has 0 saturated heterocycles. The van der Waals surface area contributed by atoms with Crippen LogP contribution in [0.3, 0.4) is 0 Å². The smallest absolute Gasteiger partial charge is 0.416 e. The second kappa shape index (κ2) is 8.90. The Labute approximate surface area is 172 Å². The molecule has 156 valence electrons. The van der Waals surface area contributed by atoms with Crippen LogP contribution in [0.1, 0.15) is 16.7 Å². The number of rotatable bonds is 6. The highest BCUT2D eigenvalue weighted by Gasteiger charge is 2.30. The lowest BCUT2D eigenvalue weighted by Crippen LogP contribution is -2.20. The van der Waals surface area contributed by atoms with Crippen molar-refractivity contribution >= 4 is 11.6 Å². The van der Waals surface area contributed by atoms with Gasteiger partial charge in [0.25, 0.3) is 5.91 Å². The van der Waals surface area contributed by atoms with Crippen LogP contribution in [0.2, 0.25) is 0 Å². The molecule has 0 aliphatic rings. The summed E-state index contributed by atoms with van der Waals surface area (Å²) in [5, 5.41) is 2.39. The molecule has 1 N–H and O–H groups in total. The topological polar surface area (TPSA) is 47.6 Å². The first-order valence-corrected chi connectivity index (χ1v) is 9.15. The van der Waals surface area contributed by atoms with E-state index in [-0.39, 0.29) is 12.3 Å². The third-order valence-corrected chi connectivity index (χ3v) is 4.10. The average Bonchev–Trinajstić information content (AvgIpc) is 2.66. The molecule has 0 fully saturated rings. The summed E-state index contributed by atoms with van der Waals surface area (Å²) in [5.74, 6) is 1.20. The molecule has 3 aromatic rings. The Kier molecular flexibility index (Phi) is 6.30. The maximum atomic E-state index is 12.7. The number of ether oxygens (including phenoxy) is 2. The van der Waals surface area contributed by atoms with Gasteiger partial charge in [0.15, 0.2) is 6.61 Å². The molecule has 0 aliphatic heterocycles. The molecule has 0 saturated carbocycles. The fourth-order valence-corrected chi connectivity index (χ4v) is 2.85. The number of nitrogens with one attached hydrogen (secondary N) is 1. The van der Waals surface area contributed by atoms with Crippen LogP contribution in [0.5, 0.6) is 17.2 Å². The minimum Gasteiger partial charge on any atom is -0.484 e.